The van der Waals surface area contributed by atoms with Gasteiger partial charge in [0.2, 0.25) is 11.8 Å². The number of carbonyl (C=O) groups excluding carboxylic acids is 3. The predicted molar refractivity (Wildman–Crippen MR) is 87.6 cm³/mol. The van der Waals surface area contributed by atoms with Gasteiger partial charge in [-0.25, -0.2) is 4.79 Å². The van der Waals surface area contributed by atoms with E-state index in [0.717, 1.165) is 29.3 Å². The molecule has 2 aliphatic heterocycles. The van der Waals surface area contributed by atoms with Gasteiger partial charge in [-0.05, 0) is 38.1 Å². The van der Waals surface area contributed by atoms with Crippen LogP contribution in [0.1, 0.15) is 40.0 Å². The van der Waals surface area contributed by atoms with Gasteiger partial charge in [-0.15, -0.1) is 0 Å². The number of barbiturate groups is 1. The van der Waals surface area contributed by atoms with Crippen molar-refractivity contribution in [2.24, 2.45) is 17.8 Å². The summed E-state index contributed by atoms with van der Waals surface area (Å²) < 4.78 is 0. The molecule has 0 aromatic rings. The minimum Gasteiger partial charge on any atom is -0.300 e. The number of piperidine rings is 1. The minimum absolute atomic E-state index is 0.000812. The fourth-order valence-corrected chi connectivity index (χ4v) is 3.90. The van der Waals surface area contributed by atoms with E-state index >= 15 is 0 Å². The van der Waals surface area contributed by atoms with E-state index in [2.05, 4.69) is 25.7 Å². The molecule has 23 heavy (non-hydrogen) atoms. The third kappa shape index (κ3) is 3.27. The van der Waals surface area contributed by atoms with E-state index in [4.69, 9.17) is 0 Å². The van der Waals surface area contributed by atoms with Crippen LogP contribution in [0, 0.1) is 17.8 Å². The second-order valence-electron chi connectivity index (χ2n) is 7.13. The number of likely N-dealkylation sites (tertiary alicyclic amines) is 1. The Bertz CT molecular complexity index is 469. The molecule has 3 unspecified atom stereocenters. The Balaban J connectivity index is 2.16. The number of hydrogen-bond donors (Lipinski definition) is 0. The quantitative estimate of drug-likeness (QED) is 0.740. The Hall–Kier alpha value is -1.43. The molecule has 2 saturated heterocycles. The normalized spacial score (nSPS) is 31.2. The number of unbranched alkanes of at least 4 members (excludes halogenated alkanes) is 1. The van der Waals surface area contributed by atoms with Crippen molar-refractivity contribution in [2.45, 2.75) is 46.1 Å². The number of hydrogen-bond acceptors (Lipinski definition) is 4. The van der Waals surface area contributed by atoms with Crippen molar-refractivity contribution in [1.82, 2.24) is 14.7 Å². The summed E-state index contributed by atoms with van der Waals surface area (Å²) in [5.74, 6) is -1.14. The van der Waals surface area contributed by atoms with Crippen LogP contribution >= 0.6 is 0 Å². The maximum absolute atomic E-state index is 12.5. The van der Waals surface area contributed by atoms with Crippen molar-refractivity contribution in [2.75, 3.05) is 27.2 Å². The molecule has 0 bridgehead atoms. The van der Waals surface area contributed by atoms with Crippen LogP contribution in [0.4, 0.5) is 4.79 Å². The first-order chi connectivity index (χ1) is 10.8. The molecule has 0 aliphatic carbocycles. The lowest BCUT2D eigenvalue weighted by Crippen LogP contribution is -2.61. The SMILES string of the molecule is CCCCN1CC(C)C(C2C(=O)N(C)C(=O)N(C)C2=O)CC1C. The average molecular weight is 323 g/mol. The van der Waals surface area contributed by atoms with Crippen LogP contribution in [0.5, 0.6) is 0 Å². The van der Waals surface area contributed by atoms with E-state index in [1.54, 1.807) is 0 Å². The molecule has 0 saturated carbocycles. The zero-order chi connectivity index (χ0) is 17.3. The van der Waals surface area contributed by atoms with Gasteiger partial charge in [-0.2, -0.15) is 0 Å². The smallest absolute Gasteiger partial charge is 0.300 e. The summed E-state index contributed by atoms with van der Waals surface area (Å²) in [4.78, 5) is 41.6. The first kappa shape index (κ1) is 17.9. The zero-order valence-corrected chi connectivity index (χ0v) is 14.9. The lowest BCUT2D eigenvalue weighted by atomic mass is 9.73. The average Bonchev–Trinajstić information content (AvgIpc) is 2.52. The molecular formula is C17H29N3O3. The van der Waals surface area contributed by atoms with Gasteiger partial charge in [0.1, 0.15) is 5.92 Å². The van der Waals surface area contributed by atoms with Crippen molar-refractivity contribution in [1.29, 1.82) is 0 Å². The van der Waals surface area contributed by atoms with E-state index in [1.807, 2.05) is 0 Å². The van der Waals surface area contributed by atoms with Crippen molar-refractivity contribution in [3.05, 3.63) is 0 Å². The van der Waals surface area contributed by atoms with E-state index < -0.39 is 11.9 Å². The number of rotatable bonds is 4. The molecule has 0 radical (unpaired) electrons. The Morgan fingerprint density at radius 2 is 1.61 bits per heavy atom. The predicted octanol–water partition coefficient (Wildman–Crippen LogP) is 1.80. The molecule has 4 amide bonds. The Kier molecular flexibility index (Phi) is 5.45. The monoisotopic (exact) mass is 323 g/mol. The fourth-order valence-electron chi connectivity index (χ4n) is 3.90. The highest BCUT2D eigenvalue weighted by atomic mass is 16.2. The maximum Gasteiger partial charge on any atom is 0.332 e. The Morgan fingerprint density at radius 3 is 2.13 bits per heavy atom. The standard InChI is InChI=1S/C17H29N3O3/c1-6-7-8-20-10-11(2)13(9-12(20)3)14-15(21)18(4)17(23)19(5)16(14)22/h11-14H,6-10H2,1-5H3. The van der Waals surface area contributed by atoms with Gasteiger partial charge < -0.3 is 4.90 Å². The lowest BCUT2D eigenvalue weighted by molar-refractivity contribution is -0.152. The maximum atomic E-state index is 12.5. The minimum atomic E-state index is -0.714. The van der Waals surface area contributed by atoms with Gasteiger partial charge in [0.15, 0.2) is 0 Å². The van der Waals surface area contributed by atoms with Gasteiger partial charge in [-0.3, -0.25) is 19.4 Å². The first-order valence-corrected chi connectivity index (χ1v) is 8.62. The summed E-state index contributed by atoms with van der Waals surface area (Å²) in [6.45, 7) is 8.45. The van der Waals surface area contributed by atoms with Gasteiger partial charge in [0.25, 0.3) is 0 Å². The molecule has 130 valence electrons. The molecular weight excluding hydrogens is 294 g/mol. The van der Waals surface area contributed by atoms with Gasteiger partial charge in [-0.1, -0.05) is 20.3 Å². The summed E-state index contributed by atoms with van der Waals surface area (Å²) in [6.07, 6.45) is 3.16. The summed E-state index contributed by atoms with van der Waals surface area (Å²) >= 11 is 0. The molecule has 2 rings (SSSR count). The zero-order valence-electron chi connectivity index (χ0n) is 14.9. The van der Waals surface area contributed by atoms with Crippen LogP contribution < -0.4 is 0 Å². The third-order valence-electron chi connectivity index (χ3n) is 5.48. The van der Waals surface area contributed by atoms with E-state index in [0.29, 0.717) is 6.04 Å². The molecule has 6 nitrogen and oxygen atoms in total. The second kappa shape index (κ2) is 6.99. The molecule has 0 aromatic carbocycles. The van der Waals surface area contributed by atoms with Crippen LogP contribution in [0.3, 0.4) is 0 Å². The summed E-state index contributed by atoms with van der Waals surface area (Å²) in [5.41, 5.74) is 0. The second-order valence-corrected chi connectivity index (χ2v) is 7.13. The molecule has 0 aromatic heterocycles. The lowest BCUT2D eigenvalue weighted by Gasteiger charge is -2.46. The molecule has 2 aliphatic rings. The number of imide groups is 2. The Labute approximate surface area is 138 Å². The van der Waals surface area contributed by atoms with Crippen LogP contribution in [0.2, 0.25) is 0 Å². The van der Waals surface area contributed by atoms with Gasteiger partial charge in [0.05, 0.1) is 0 Å². The highest BCUT2D eigenvalue weighted by molar-refractivity contribution is 6.15. The molecule has 3 atom stereocenters. The number of urea groups is 1. The van der Waals surface area contributed by atoms with Crippen molar-refractivity contribution >= 4 is 17.8 Å². The van der Waals surface area contributed by atoms with Gasteiger partial charge in [0, 0.05) is 26.7 Å². The van der Waals surface area contributed by atoms with E-state index in [9.17, 15) is 14.4 Å². The summed E-state index contributed by atoms with van der Waals surface area (Å²) in [7, 11) is 2.93. The Morgan fingerprint density at radius 1 is 1.04 bits per heavy atom. The largest absolute Gasteiger partial charge is 0.332 e. The third-order valence-corrected chi connectivity index (χ3v) is 5.48. The summed E-state index contributed by atoms with van der Waals surface area (Å²) in [6, 6.07) is -0.172. The van der Waals surface area contributed by atoms with Crippen molar-refractivity contribution in [3.8, 4) is 0 Å². The first-order valence-electron chi connectivity index (χ1n) is 8.62. The van der Waals surface area contributed by atoms with Crippen LogP contribution in [-0.2, 0) is 9.59 Å². The fraction of sp³-hybridized carbons (Fsp3) is 0.824. The summed E-state index contributed by atoms with van der Waals surface area (Å²) in [5, 5.41) is 0. The highest BCUT2D eigenvalue weighted by Crippen LogP contribution is 2.36. The van der Waals surface area contributed by atoms with Crippen LogP contribution in [0.25, 0.3) is 0 Å². The van der Waals surface area contributed by atoms with Crippen LogP contribution in [-0.4, -0.2) is 65.8 Å². The van der Waals surface area contributed by atoms with Crippen molar-refractivity contribution in [3.63, 3.8) is 0 Å². The van der Waals surface area contributed by atoms with Gasteiger partial charge >= 0.3 is 6.03 Å². The number of nitrogens with zero attached hydrogens (tertiary/aromatic N) is 3. The highest BCUT2D eigenvalue weighted by Gasteiger charge is 2.49. The molecule has 0 N–H and O–H groups in total. The van der Waals surface area contributed by atoms with E-state index in [1.165, 1.54) is 26.9 Å². The van der Waals surface area contributed by atoms with E-state index in [-0.39, 0.29) is 23.7 Å². The molecule has 2 heterocycles. The topological polar surface area (TPSA) is 60.9 Å². The van der Waals surface area contributed by atoms with Crippen molar-refractivity contribution < 1.29 is 14.4 Å². The van der Waals surface area contributed by atoms with Crippen LogP contribution in [0.15, 0.2) is 0 Å². The molecule has 6 heteroatoms. The number of amides is 4. The molecule has 2 fully saturated rings. The molecule has 0 spiro atoms. The number of carbonyl (C=O) groups is 3.